The van der Waals surface area contributed by atoms with Crippen LogP contribution < -0.4 is 0 Å². The first kappa shape index (κ1) is 12.4. The molecule has 1 fully saturated rings. The van der Waals surface area contributed by atoms with Crippen molar-refractivity contribution in [2.75, 3.05) is 13.1 Å². The molecular formula is C14H18ClNO. The van der Waals surface area contributed by atoms with Gasteiger partial charge in [0, 0.05) is 13.1 Å². The van der Waals surface area contributed by atoms with Crippen molar-refractivity contribution < 1.29 is 4.79 Å². The van der Waals surface area contributed by atoms with Gasteiger partial charge in [0.15, 0.2) is 0 Å². The molecule has 0 spiro atoms. The molecule has 1 aliphatic heterocycles. The Kier molecular flexibility index (Phi) is 4.06. The molecule has 0 radical (unpaired) electrons. The number of rotatable bonds is 2. The van der Waals surface area contributed by atoms with E-state index in [9.17, 15) is 4.79 Å². The summed E-state index contributed by atoms with van der Waals surface area (Å²) in [6, 6.07) is 9.57. The summed E-state index contributed by atoms with van der Waals surface area (Å²) in [6.45, 7) is 3.92. The van der Waals surface area contributed by atoms with Crippen molar-refractivity contribution in [3.63, 3.8) is 0 Å². The van der Waals surface area contributed by atoms with Gasteiger partial charge in [-0.15, -0.1) is 11.6 Å². The molecule has 1 aromatic carbocycles. The maximum Gasteiger partial charge on any atom is 0.245 e. The van der Waals surface area contributed by atoms with Crippen LogP contribution in [0.5, 0.6) is 0 Å². The molecule has 1 saturated heterocycles. The van der Waals surface area contributed by atoms with Crippen molar-refractivity contribution in [2.45, 2.75) is 25.1 Å². The zero-order chi connectivity index (χ0) is 12.3. The Labute approximate surface area is 108 Å². The minimum atomic E-state index is -0.537. The SMILES string of the molecule is CC1CCN(C(=O)C(Cl)c2ccccc2)CC1. The van der Waals surface area contributed by atoms with Crippen LogP contribution in [0.1, 0.15) is 30.7 Å². The van der Waals surface area contributed by atoms with Crippen LogP contribution in [0.25, 0.3) is 0 Å². The highest BCUT2D eigenvalue weighted by Crippen LogP contribution is 2.25. The summed E-state index contributed by atoms with van der Waals surface area (Å²) in [5.41, 5.74) is 0.887. The highest BCUT2D eigenvalue weighted by Gasteiger charge is 2.26. The Morgan fingerprint density at radius 3 is 2.47 bits per heavy atom. The fraction of sp³-hybridized carbons (Fsp3) is 0.500. The molecule has 1 heterocycles. The van der Waals surface area contributed by atoms with Crippen LogP contribution >= 0.6 is 11.6 Å². The monoisotopic (exact) mass is 251 g/mol. The number of carbonyl (C=O) groups is 1. The van der Waals surface area contributed by atoms with E-state index in [1.807, 2.05) is 35.2 Å². The largest absolute Gasteiger partial charge is 0.341 e. The zero-order valence-corrected chi connectivity index (χ0v) is 10.9. The van der Waals surface area contributed by atoms with Crippen LogP contribution in [0.15, 0.2) is 30.3 Å². The number of amides is 1. The van der Waals surface area contributed by atoms with Crippen molar-refractivity contribution in [3.05, 3.63) is 35.9 Å². The van der Waals surface area contributed by atoms with Gasteiger partial charge in [0.05, 0.1) is 0 Å². The van der Waals surface area contributed by atoms with Gasteiger partial charge in [-0.1, -0.05) is 37.3 Å². The Bertz CT molecular complexity index is 371. The van der Waals surface area contributed by atoms with Gasteiger partial charge in [-0.3, -0.25) is 4.79 Å². The average Bonchev–Trinajstić information content (AvgIpc) is 2.39. The van der Waals surface area contributed by atoms with Gasteiger partial charge in [0.2, 0.25) is 5.91 Å². The van der Waals surface area contributed by atoms with Crippen molar-refractivity contribution in [3.8, 4) is 0 Å². The summed E-state index contributed by atoms with van der Waals surface area (Å²) in [4.78, 5) is 14.1. The number of piperidine rings is 1. The van der Waals surface area contributed by atoms with Crippen molar-refractivity contribution in [2.24, 2.45) is 5.92 Å². The molecule has 1 aromatic rings. The second-order valence-corrected chi connectivity index (χ2v) is 5.22. The van der Waals surface area contributed by atoms with Gasteiger partial charge < -0.3 is 4.90 Å². The first-order valence-electron chi connectivity index (χ1n) is 6.16. The summed E-state index contributed by atoms with van der Waals surface area (Å²) < 4.78 is 0. The molecule has 1 aliphatic rings. The lowest BCUT2D eigenvalue weighted by atomic mass is 9.98. The van der Waals surface area contributed by atoms with Crippen LogP contribution in [-0.2, 0) is 4.79 Å². The molecule has 1 unspecified atom stereocenters. The van der Waals surface area contributed by atoms with E-state index in [1.165, 1.54) is 0 Å². The predicted molar refractivity (Wildman–Crippen MR) is 70.0 cm³/mol. The zero-order valence-electron chi connectivity index (χ0n) is 10.1. The third kappa shape index (κ3) is 3.01. The molecule has 0 aliphatic carbocycles. The van der Waals surface area contributed by atoms with Crippen molar-refractivity contribution >= 4 is 17.5 Å². The molecule has 3 heteroatoms. The molecule has 92 valence electrons. The molecule has 0 saturated carbocycles. The Hall–Kier alpha value is -1.02. The number of benzene rings is 1. The highest BCUT2D eigenvalue weighted by molar-refractivity contribution is 6.30. The Morgan fingerprint density at radius 1 is 1.29 bits per heavy atom. The molecule has 1 amide bonds. The molecule has 0 bridgehead atoms. The van der Waals surface area contributed by atoms with Gasteiger partial charge in [-0.25, -0.2) is 0 Å². The van der Waals surface area contributed by atoms with E-state index < -0.39 is 5.38 Å². The number of halogens is 1. The smallest absolute Gasteiger partial charge is 0.245 e. The normalized spacial score (nSPS) is 19.1. The molecule has 1 atom stereocenters. The van der Waals surface area contributed by atoms with Crippen molar-refractivity contribution in [1.82, 2.24) is 4.90 Å². The van der Waals surface area contributed by atoms with Crippen LogP contribution in [0.2, 0.25) is 0 Å². The summed E-state index contributed by atoms with van der Waals surface area (Å²) in [5.74, 6) is 0.773. The second-order valence-electron chi connectivity index (χ2n) is 4.78. The minimum Gasteiger partial charge on any atom is -0.341 e. The minimum absolute atomic E-state index is 0.0461. The highest BCUT2D eigenvalue weighted by atomic mass is 35.5. The molecule has 0 aromatic heterocycles. The topological polar surface area (TPSA) is 20.3 Å². The number of nitrogens with zero attached hydrogens (tertiary/aromatic N) is 1. The number of hydrogen-bond donors (Lipinski definition) is 0. The van der Waals surface area contributed by atoms with Gasteiger partial charge in [0.1, 0.15) is 5.38 Å². The third-order valence-electron chi connectivity index (χ3n) is 3.40. The van der Waals surface area contributed by atoms with Crippen LogP contribution in [0.3, 0.4) is 0 Å². The molecule has 2 nitrogen and oxygen atoms in total. The van der Waals surface area contributed by atoms with E-state index in [0.29, 0.717) is 0 Å². The number of carbonyl (C=O) groups excluding carboxylic acids is 1. The van der Waals surface area contributed by atoms with E-state index in [-0.39, 0.29) is 5.91 Å². The summed E-state index contributed by atoms with van der Waals surface area (Å²) in [5, 5.41) is -0.537. The summed E-state index contributed by atoms with van der Waals surface area (Å²) in [7, 11) is 0. The van der Waals surface area contributed by atoms with E-state index >= 15 is 0 Å². The van der Waals surface area contributed by atoms with Crippen LogP contribution in [0.4, 0.5) is 0 Å². The Morgan fingerprint density at radius 2 is 1.88 bits per heavy atom. The number of hydrogen-bond acceptors (Lipinski definition) is 1. The second kappa shape index (κ2) is 5.54. The molecular weight excluding hydrogens is 234 g/mol. The van der Waals surface area contributed by atoms with Gasteiger partial charge in [0.25, 0.3) is 0 Å². The third-order valence-corrected chi connectivity index (χ3v) is 3.84. The number of alkyl halides is 1. The average molecular weight is 252 g/mol. The summed E-state index contributed by atoms with van der Waals surface area (Å²) in [6.07, 6.45) is 2.17. The Balaban J connectivity index is 2.00. The fourth-order valence-corrected chi connectivity index (χ4v) is 2.44. The maximum absolute atomic E-state index is 12.2. The van der Waals surface area contributed by atoms with Gasteiger partial charge in [-0.2, -0.15) is 0 Å². The first-order chi connectivity index (χ1) is 8.18. The lowest BCUT2D eigenvalue weighted by Gasteiger charge is -2.31. The molecule has 0 N–H and O–H groups in total. The van der Waals surface area contributed by atoms with Crippen LogP contribution in [-0.4, -0.2) is 23.9 Å². The van der Waals surface area contributed by atoms with E-state index in [2.05, 4.69) is 6.92 Å². The molecule has 17 heavy (non-hydrogen) atoms. The summed E-state index contributed by atoms with van der Waals surface area (Å²) >= 11 is 6.24. The fourth-order valence-electron chi connectivity index (χ4n) is 2.15. The lowest BCUT2D eigenvalue weighted by molar-refractivity contribution is -0.132. The molecule has 2 rings (SSSR count). The quantitative estimate of drug-likeness (QED) is 0.739. The van der Waals surface area contributed by atoms with E-state index in [1.54, 1.807) is 0 Å². The van der Waals surface area contributed by atoms with Gasteiger partial charge in [-0.05, 0) is 24.3 Å². The van der Waals surface area contributed by atoms with Crippen molar-refractivity contribution in [1.29, 1.82) is 0 Å². The standard InChI is InChI=1S/C14H18ClNO/c1-11-7-9-16(10-8-11)14(17)13(15)12-5-3-2-4-6-12/h2-6,11,13H,7-10H2,1H3. The lowest BCUT2D eigenvalue weighted by Crippen LogP contribution is -2.39. The maximum atomic E-state index is 12.2. The van der Waals surface area contributed by atoms with E-state index in [4.69, 9.17) is 11.6 Å². The number of likely N-dealkylation sites (tertiary alicyclic amines) is 1. The van der Waals surface area contributed by atoms with Crippen LogP contribution in [0, 0.1) is 5.92 Å². The van der Waals surface area contributed by atoms with Gasteiger partial charge >= 0.3 is 0 Å². The van der Waals surface area contributed by atoms with E-state index in [0.717, 1.165) is 37.4 Å². The first-order valence-corrected chi connectivity index (χ1v) is 6.60. The predicted octanol–water partition coefficient (Wildman–Crippen LogP) is 3.23.